The number of hydrogen-bond donors (Lipinski definition) is 3. The van der Waals surface area contributed by atoms with Gasteiger partial charge in [0.25, 0.3) is 0 Å². The number of nitrogens with zero attached hydrogens (tertiary/aromatic N) is 1. The van der Waals surface area contributed by atoms with Crippen LogP contribution in [0.5, 0.6) is 5.75 Å². The summed E-state index contributed by atoms with van der Waals surface area (Å²) >= 11 is 5.33. The van der Waals surface area contributed by atoms with Crippen LogP contribution in [0.3, 0.4) is 0 Å². The van der Waals surface area contributed by atoms with Crippen LogP contribution in [0.4, 0.5) is 5.69 Å². The van der Waals surface area contributed by atoms with Crippen LogP contribution < -0.4 is 10.6 Å². The smallest absolute Gasteiger partial charge is 0.243 e. The van der Waals surface area contributed by atoms with Crippen molar-refractivity contribution in [1.29, 1.82) is 0 Å². The molecule has 2 fully saturated rings. The number of hydrogen-bond acceptors (Lipinski definition) is 4. The predicted octanol–water partition coefficient (Wildman–Crippen LogP) is 2.80. The zero-order chi connectivity index (χ0) is 17.9. The van der Waals surface area contributed by atoms with E-state index in [9.17, 15) is 13.5 Å². The third-order valence-electron chi connectivity index (χ3n) is 4.86. The summed E-state index contributed by atoms with van der Waals surface area (Å²) < 4.78 is 26.8. The fraction of sp³-hybridized carbons (Fsp3) is 0.588. The normalized spacial score (nSPS) is 19.7. The molecule has 1 aliphatic carbocycles. The van der Waals surface area contributed by atoms with Gasteiger partial charge in [-0.1, -0.05) is 19.3 Å². The standard InChI is InChI=1S/C17H25N3O3S2/c21-16-9-8-14(25(22,23)20-10-4-5-11-20)12-15(16)19-17(24)18-13-6-2-1-3-7-13/h8-9,12-13,21H,1-7,10-11H2,(H2,18,19,24). The molecule has 1 saturated heterocycles. The van der Waals surface area contributed by atoms with Crippen molar-refractivity contribution in [2.75, 3.05) is 18.4 Å². The summed E-state index contributed by atoms with van der Waals surface area (Å²) in [5, 5.41) is 16.7. The van der Waals surface area contributed by atoms with E-state index in [0.717, 1.165) is 25.7 Å². The number of aromatic hydroxyl groups is 1. The fourth-order valence-electron chi connectivity index (χ4n) is 3.44. The molecule has 138 valence electrons. The minimum absolute atomic E-state index is 0.0202. The summed E-state index contributed by atoms with van der Waals surface area (Å²) in [6.07, 6.45) is 7.57. The zero-order valence-corrected chi connectivity index (χ0v) is 15.8. The first-order valence-electron chi connectivity index (χ1n) is 8.87. The number of anilines is 1. The van der Waals surface area contributed by atoms with Gasteiger partial charge in [-0.05, 0) is 56.1 Å². The molecule has 0 atom stereocenters. The third kappa shape index (κ3) is 4.43. The van der Waals surface area contributed by atoms with Crippen LogP contribution in [-0.4, -0.2) is 42.1 Å². The van der Waals surface area contributed by atoms with Crippen molar-refractivity contribution in [3.8, 4) is 5.75 Å². The maximum atomic E-state index is 12.7. The second kappa shape index (κ2) is 7.88. The number of phenols is 1. The van der Waals surface area contributed by atoms with Gasteiger partial charge in [0, 0.05) is 19.1 Å². The Morgan fingerprint density at radius 3 is 2.48 bits per heavy atom. The highest BCUT2D eigenvalue weighted by Crippen LogP contribution is 2.29. The Balaban J connectivity index is 1.71. The quantitative estimate of drug-likeness (QED) is 0.548. The lowest BCUT2D eigenvalue weighted by molar-refractivity contribution is 0.414. The second-order valence-electron chi connectivity index (χ2n) is 6.72. The molecule has 6 nitrogen and oxygen atoms in total. The largest absolute Gasteiger partial charge is 0.506 e. The third-order valence-corrected chi connectivity index (χ3v) is 6.97. The summed E-state index contributed by atoms with van der Waals surface area (Å²) in [6.45, 7) is 1.10. The Labute approximate surface area is 154 Å². The van der Waals surface area contributed by atoms with Gasteiger partial charge >= 0.3 is 0 Å². The van der Waals surface area contributed by atoms with Gasteiger partial charge in [0.05, 0.1) is 10.6 Å². The van der Waals surface area contributed by atoms with Crippen molar-refractivity contribution in [1.82, 2.24) is 9.62 Å². The van der Waals surface area contributed by atoms with Gasteiger partial charge in [-0.3, -0.25) is 0 Å². The van der Waals surface area contributed by atoms with E-state index >= 15 is 0 Å². The highest BCUT2D eigenvalue weighted by molar-refractivity contribution is 7.89. The highest BCUT2D eigenvalue weighted by Gasteiger charge is 2.27. The molecule has 0 bridgehead atoms. The maximum Gasteiger partial charge on any atom is 0.243 e. The minimum atomic E-state index is -3.52. The summed E-state index contributed by atoms with van der Waals surface area (Å²) in [5.41, 5.74) is 0.314. The summed E-state index contributed by atoms with van der Waals surface area (Å²) in [4.78, 5) is 0.176. The van der Waals surface area contributed by atoms with E-state index in [-0.39, 0.29) is 10.6 Å². The molecule has 3 N–H and O–H groups in total. The molecule has 25 heavy (non-hydrogen) atoms. The van der Waals surface area contributed by atoms with Crippen LogP contribution in [0.15, 0.2) is 23.1 Å². The van der Waals surface area contributed by atoms with Gasteiger partial charge in [-0.25, -0.2) is 8.42 Å². The average Bonchev–Trinajstić information content (AvgIpc) is 3.13. The molecule has 1 saturated carbocycles. The van der Waals surface area contributed by atoms with Gasteiger partial charge in [0.1, 0.15) is 5.75 Å². The number of benzene rings is 1. The van der Waals surface area contributed by atoms with E-state index in [2.05, 4.69) is 10.6 Å². The zero-order valence-electron chi connectivity index (χ0n) is 14.2. The molecule has 3 rings (SSSR count). The fourth-order valence-corrected chi connectivity index (χ4v) is 5.26. The Bertz CT molecular complexity index is 725. The predicted molar refractivity (Wildman–Crippen MR) is 102 cm³/mol. The van der Waals surface area contributed by atoms with E-state index in [0.29, 0.717) is 29.9 Å². The maximum absolute atomic E-state index is 12.7. The van der Waals surface area contributed by atoms with Crippen molar-refractivity contribution in [2.24, 2.45) is 0 Å². The van der Waals surface area contributed by atoms with Gasteiger partial charge in [-0.2, -0.15) is 4.31 Å². The summed E-state index contributed by atoms with van der Waals surface area (Å²) in [7, 11) is -3.52. The van der Waals surface area contributed by atoms with E-state index in [1.165, 1.54) is 41.8 Å². The SMILES string of the molecule is O=S(=O)(c1ccc(O)c(NC(=S)NC2CCCCC2)c1)N1CCCC1. The Morgan fingerprint density at radius 1 is 1.12 bits per heavy atom. The van der Waals surface area contributed by atoms with Crippen LogP contribution in [0, 0.1) is 0 Å². The molecule has 0 aromatic heterocycles. The van der Waals surface area contributed by atoms with E-state index in [1.54, 1.807) is 0 Å². The lowest BCUT2D eigenvalue weighted by Crippen LogP contribution is -2.38. The molecule has 0 spiro atoms. The van der Waals surface area contributed by atoms with E-state index in [1.807, 2.05) is 0 Å². The lowest BCUT2D eigenvalue weighted by atomic mass is 9.96. The molecule has 1 aromatic carbocycles. The lowest BCUT2D eigenvalue weighted by Gasteiger charge is -2.24. The van der Waals surface area contributed by atoms with Gasteiger partial charge in [0.15, 0.2) is 5.11 Å². The van der Waals surface area contributed by atoms with Crippen molar-refractivity contribution in [2.45, 2.75) is 55.9 Å². The number of rotatable bonds is 4. The molecule has 0 amide bonds. The van der Waals surface area contributed by atoms with Gasteiger partial charge in [-0.15, -0.1) is 0 Å². The Kier molecular flexibility index (Phi) is 5.81. The van der Waals surface area contributed by atoms with Crippen molar-refractivity contribution in [3.63, 3.8) is 0 Å². The number of sulfonamides is 1. The van der Waals surface area contributed by atoms with Crippen LogP contribution in [-0.2, 0) is 10.0 Å². The summed E-state index contributed by atoms with van der Waals surface area (Å²) in [5.74, 6) is -0.0202. The van der Waals surface area contributed by atoms with E-state index in [4.69, 9.17) is 12.2 Å². The minimum Gasteiger partial charge on any atom is -0.506 e. The molecule has 1 aliphatic heterocycles. The van der Waals surface area contributed by atoms with Crippen molar-refractivity contribution >= 4 is 33.0 Å². The van der Waals surface area contributed by atoms with Crippen LogP contribution >= 0.6 is 12.2 Å². The monoisotopic (exact) mass is 383 g/mol. The molecule has 8 heteroatoms. The number of phenolic OH excluding ortho intramolecular Hbond substituents is 1. The summed E-state index contributed by atoms with van der Waals surface area (Å²) in [6, 6.07) is 4.63. The van der Waals surface area contributed by atoms with Crippen molar-refractivity contribution in [3.05, 3.63) is 18.2 Å². The second-order valence-corrected chi connectivity index (χ2v) is 9.07. The number of nitrogens with one attached hydrogen (secondary N) is 2. The highest BCUT2D eigenvalue weighted by atomic mass is 32.2. The molecule has 1 aromatic rings. The van der Waals surface area contributed by atoms with Gasteiger partial charge in [0.2, 0.25) is 10.0 Å². The van der Waals surface area contributed by atoms with Crippen LogP contribution in [0.2, 0.25) is 0 Å². The molecular formula is C17H25N3O3S2. The van der Waals surface area contributed by atoms with Crippen LogP contribution in [0.1, 0.15) is 44.9 Å². The van der Waals surface area contributed by atoms with E-state index < -0.39 is 10.0 Å². The Hall–Kier alpha value is -1.38. The Morgan fingerprint density at radius 2 is 1.80 bits per heavy atom. The first-order chi connectivity index (χ1) is 12.0. The van der Waals surface area contributed by atoms with Crippen LogP contribution in [0.25, 0.3) is 0 Å². The first-order valence-corrected chi connectivity index (χ1v) is 10.7. The van der Waals surface area contributed by atoms with Gasteiger partial charge < -0.3 is 15.7 Å². The molecule has 0 unspecified atom stereocenters. The molecule has 0 radical (unpaired) electrons. The van der Waals surface area contributed by atoms with Crippen molar-refractivity contribution < 1.29 is 13.5 Å². The first kappa shape index (κ1) is 18.4. The molecule has 2 aliphatic rings. The molecule has 1 heterocycles. The average molecular weight is 384 g/mol. The number of thiocarbonyl (C=S) groups is 1. The topological polar surface area (TPSA) is 81.7 Å². The molecular weight excluding hydrogens is 358 g/mol.